The second-order valence-corrected chi connectivity index (χ2v) is 8.99. The highest BCUT2D eigenvalue weighted by Gasteiger charge is 2.21. The maximum absolute atomic E-state index is 13.4. The lowest BCUT2D eigenvalue weighted by atomic mass is 10.00. The van der Waals surface area contributed by atoms with Gasteiger partial charge in [0.15, 0.2) is 0 Å². The van der Waals surface area contributed by atoms with Crippen LogP contribution in [0, 0.1) is 0 Å². The number of hydrogen-bond donors (Lipinski definition) is 0. The van der Waals surface area contributed by atoms with Gasteiger partial charge in [-0.25, -0.2) is 4.79 Å². The number of fused-ring (bicyclic) bond motifs is 2. The summed E-state index contributed by atoms with van der Waals surface area (Å²) in [6.45, 7) is 1.51. The predicted molar refractivity (Wildman–Crippen MR) is 133 cm³/mol. The van der Waals surface area contributed by atoms with E-state index in [2.05, 4.69) is 6.07 Å². The van der Waals surface area contributed by atoms with Gasteiger partial charge in [0.2, 0.25) is 5.91 Å². The molecule has 0 fully saturated rings. The summed E-state index contributed by atoms with van der Waals surface area (Å²) in [5.41, 5.74) is 3.02. The molecule has 3 aromatic carbocycles. The van der Waals surface area contributed by atoms with Gasteiger partial charge in [-0.05, 0) is 47.4 Å². The zero-order valence-corrected chi connectivity index (χ0v) is 19.4. The van der Waals surface area contributed by atoms with Gasteiger partial charge in [-0.15, -0.1) is 0 Å². The van der Waals surface area contributed by atoms with Crippen molar-refractivity contribution < 1.29 is 4.79 Å². The highest BCUT2D eigenvalue weighted by Crippen LogP contribution is 2.19. The monoisotopic (exact) mass is 473 g/mol. The number of para-hydroxylation sites is 1. The summed E-state index contributed by atoms with van der Waals surface area (Å²) >= 11 is 6.13. The number of carbonyl (C=O) groups is 1. The molecule has 0 atom stereocenters. The Morgan fingerprint density at radius 1 is 0.882 bits per heavy atom. The molecule has 172 valence electrons. The third-order valence-corrected chi connectivity index (χ3v) is 6.63. The third kappa shape index (κ3) is 4.29. The Kier molecular flexibility index (Phi) is 6.07. The Bertz CT molecular complexity index is 1510. The topological polar surface area (TPSA) is 64.3 Å². The summed E-state index contributed by atoms with van der Waals surface area (Å²) in [5.74, 6) is -0.0599. The van der Waals surface area contributed by atoms with Crippen LogP contribution in [-0.2, 0) is 30.8 Å². The van der Waals surface area contributed by atoms with Gasteiger partial charge in [0.25, 0.3) is 5.56 Å². The van der Waals surface area contributed by atoms with Crippen LogP contribution in [0.4, 0.5) is 0 Å². The zero-order chi connectivity index (χ0) is 23.7. The first kappa shape index (κ1) is 22.2. The van der Waals surface area contributed by atoms with E-state index in [1.54, 1.807) is 45.9 Å². The van der Waals surface area contributed by atoms with Crippen LogP contribution in [0.5, 0.6) is 0 Å². The molecule has 0 aliphatic carbocycles. The number of hydrogen-bond acceptors (Lipinski definition) is 3. The van der Waals surface area contributed by atoms with Gasteiger partial charge in [-0.2, -0.15) is 0 Å². The lowest BCUT2D eigenvalue weighted by molar-refractivity contribution is -0.132. The second kappa shape index (κ2) is 9.31. The van der Waals surface area contributed by atoms with Crippen LogP contribution >= 0.6 is 11.6 Å². The number of amides is 1. The van der Waals surface area contributed by atoms with Crippen molar-refractivity contribution in [3.05, 3.63) is 115 Å². The minimum absolute atomic E-state index is 0.0367. The number of benzene rings is 3. The smallest absolute Gasteiger partial charge is 0.331 e. The molecule has 1 aliphatic rings. The Hall–Kier alpha value is -3.64. The second-order valence-electron chi connectivity index (χ2n) is 8.56. The Morgan fingerprint density at radius 3 is 2.47 bits per heavy atom. The van der Waals surface area contributed by atoms with Crippen molar-refractivity contribution in [3.8, 4) is 0 Å². The SMILES string of the molecule is O=C(CCn1c(=O)c2ccccc2n(Cc2cccc(Cl)c2)c1=O)N1CCc2ccccc2C1. The summed E-state index contributed by atoms with van der Waals surface area (Å²) in [7, 11) is 0. The number of rotatable bonds is 5. The van der Waals surface area contributed by atoms with E-state index in [0.29, 0.717) is 29.0 Å². The standard InChI is InChI=1S/C27H24ClN3O3/c28-22-9-5-6-19(16-22)17-31-24-11-4-3-10-23(24)26(33)30(27(31)34)15-13-25(32)29-14-12-20-7-1-2-8-21(20)18-29/h1-11,16H,12-15,17-18H2. The van der Waals surface area contributed by atoms with Crippen LogP contribution in [0.25, 0.3) is 10.9 Å². The molecule has 0 saturated carbocycles. The number of aromatic nitrogens is 2. The maximum atomic E-state index is 13.4. The third-order valence-electron chi connectivity index (χ3n) is 6.39. The Labute approximate surface area is 201 Å². The van der Waals surface area contributed by atoms with Crippen molar-refractivity contribution >= 4 is 28.4 Å². The fourth-order valence-corrected chi connectivity index (χ4v) is 4.83. The molecule has 0 N–H and O–H groups in total. The lowest BCUT2D eigenvalue weighted by Crippen LogP contribution is -2.42. The first-order valence-corrected chi connectivity index (χ1v) is 11.7. The minimum atomic E-state index is -0.430. The molecule has 1 aromatic heterocycles. The van der Waals surface area contributed by atoms with Crippen molar-refractivity contribution in [1.29, 1.82) is 0 Å². The molecule has 0 radical (unpaired) electrons. The van der Waals surface area contributed by atoms with Gasteiger partial charge in [-0.3, -0.25) is 18.7 Å². The van der Waals surface area contributed by atoms with E-state index in [1.165, 1.54) is 10.1 Å². The molecule has 6 nitrogen and oxygen atoms in total. The summed E-state index contributed by atoms with van der Waals surface area (Å²) in [4.78, 5) is 41.4. The molecule has 0 bridgehead atoms. The predicted octanol–water partition coefficient (Wildman–Crippen LogP) is 3.84. The lowest BCUT2D eigenvalue weighted by Gasteiger charge is -2.29. The van der Waals surface area contributed by atoms with Crippen LogP contribution in [-0.4, -0.2) is 26.5 Å². The molecule has 0 spiro atoms. The molecule has 0 unspecified atom stereocenters. The van der Waals surface area contributed by atoms with E-state index in [1.807, 2.05) is 30.3 Å². The molecule has 7 heteroatoms. The van der Waals surface area contributed by atoms with Gasteiger partial charge in [0, 0.05) is 31.1 Å². The van der Waals surface area contributed by atoms with Crippen molar-refractivity contribution in [2.75, 3.05) is 6.54 Å². The van der Waals surface area contributed by atoms with Gasteiger partial charge in [0.1, 0.15) is 0 Å². The fraction of sp³-hybridized carbons (Fsp3) is 0.222. The molecule has 2 heterocycles. The van der Waals surface area contributed by atoms with Crippen molar-refractivity contribution in [2.45, 2.75) is 32.5 Å². The van der Waals surface area contributed by atoms with E-state index in [-0.39, 0.29) is 31.0 Å². The Morgan fingerprint density at radius 2 is 1.65 bits per heavy atom. The normalized spacial score (nSPS) is 13.1. The molecule has 1 amide bonds. The van der Waals surface area contributed by atoms with E-state index in [9.17, 15) is 14.4 Å². The molecule has 4 aromatic rings. The van der Waals surface area contributed by atoms with E-state index >= 15 is 0 Å². The average molecular weight is 474 g/mol. The number of nitrogens with zero attached hydrogens (tertiary/aromatic N) is 3. The maximum Gasteiger partial charge on any atom is 0.331 e. The van der Waals surface area contributed by atoms with Crippen molar-refractivity contribution in [2.24, 2.45) is 0 Å². The fourth-order valence-electron chi connectivity index (χ4n) is 4.61. The number of carbonyl (C=O) groups excluding carboxylic acids is 1. The van der Waals surface area contributed by atoms with Crippen molar-refractivity contribution in [3.63, 3.8) is 0 Å². The van der Waals surface area contributed by atoms with Gasteiger partial charge >= 0.3 is 5.69 Å². The first-order valence-electron chi connectivity index (χ1n) is 11.3. The largest absolute Gasteiger partial charge is 0.338 e. The van der Waals surface area contributed by atoms with Crippen LogP contribution in [0.3, 0.4) is 0 Å². The summed E-state index contributed by atoms with van der Waals surface area (Å²) < 4.78 is 2.76. The zero-order valence-electron chi connectivity index (χ0n) is 18.6. The molecular formula is C27H24ClN3O3. The highest BCUT2D eigenvalue weighted by atomic mass is 35.5. The molecule has 34 heavy (non-hydrogen) atoms. The van der Waals surface area contributed by atoms with Crippen molar-refractivity contribution in [1.82, 2.24) is 14.0 Å². The van der Waals surface area contributed by atoms with Crippen LogP contribution in [0.2, 0.25) is 5.02 Å². The van der Waals surface area contributed by atoms with Gasteiger partial charge in [0.05, 0.1) is 17.4 Å². The summed E-state index contributed by atoms with van der Waals surface area (Å²) in [6.07, 6.45) is 0.900. The Balaban J connectivity index is 1.44. The quantitative estimate of drug-likeness (QED) is 0.442. The molecule has 0 saturated heterocycles. The van der Waals surface area contributed by atoms with E-state index in [0.717, 1.165) is 17.5 Å². The van der Waals surface area contributed by atoms with Gasteiger partial charge < -0.3 is 4.90 Å². The summed E-state index contributed by atoms with van der Waals surface area (Å²) in [5, 5.41) is 1.03. The first-order chi connectivity index (χ1) is 16.5. The van der Waals surface area contributed by atoms with Crippen LogP contribution in [0.1, 0.15) is 23.1 Å². The highest BCUT2D eigenvalue weighted by molar-refractivity contribution is 6.30. The molecule has 1 aliphatic heterocycles. The molecule has 5 rings (SSSR count). The van der Waals surface area contributed by atoms with Crippen LogP contribution < -0.4 is 11.2 Å². The van der Waals surface area contributed by atoms with E-state index in [4.69, 9.17) is 11.6 Å². The number of halogens is 1. The van der Waals surface area contributed by atoms with E-state index < -0.39 is 5.69 Å². The minimum Gasteiger partial charge on any atom is -0.338 e. The molecular weight excluding hydrogens is 450 g/mol. The summed E-state index contributed by atoms with van der Waals surface area (Å²) in [6, 6.07) is 22.5. The van der Waals surface area contributed by atoms with Crippen LogP contribution in [0.15, 0.2) is 82.4 Å². The average Bonchev–Trinajstić information content (AvgIpc) is 2.86. The van der Waals surface area contributed by atoms with Gasteiger partial charge in [-0.1, -0.05) is 60.1 Å².